The number of carbonyl (C=O) groups excluding carboxylic acids is 4. The summed E-state index contributed by atoms with van der Waals surface area (Å²) in [5, 5.41) is 3.97. The number of para-hydroxylation sites is 1. The van der Waals surface area contributed by atoms with Gasteiger partial charge in [-0.25, -0.2) is 0 Å². The van der Waals surface area contributed by atoms with E-state index >= 15 is 0 Å². The van der Waals surface area contributed by atoms with E-state index in [4.69, 9.17) is 32.7 Å². The van der Waals surface area contributed by atoms with Gasteiger partial charge in [0, 0.05) is 6.42 Å². The average molecular weight is 480 g/mol. The van der Waals surface area contributed by atoms with Gasteiger partial charge in [-0.15, -0.1) is 0 Å². The predicted octanol–water partition coefficient (Wildman–Crippen LogP) is 2.68. The minimum absolute atomic E-state index is 0.0830. The monoisotopic (exact) mass is 479 g/mol. The molecule has 0 bridgehead atoms. The summed E-state index contributed by atoms with van der Waals surface area (Å²) in [6, 6.07) is 11.2. The van der Waals surface area contributed by atoms with E-state index < -0.39 is 36.2 Å². The van der Waals surface area contributed by atoms with E-state index in [1.165, 1.54) is 7.11 Å². The number of rotatable bonds is 7. The van der Waals surface area contributed by atoms with Crippen LogP contribution in [0.25, 0.3) is 0 Å². The zero-order chi connectivity index (χ0) is 23.3. The summed E-state index contributed by atoms with van der Waals surface area (Å²) in [5.74, 6) is -2.85. The first-order valence-corrected chi connectivity index (χ1v) is 10.2. The number of hydrazine groups is 1. The molecule has 168 valence electrons. The lowest BCUT2D eigenvalue weighted by Gasteiger charge is -2.18. The highest BCUT2D eigenvalue weighted by Crippen LogP contribution is 2.29. The fourth-order valence-electron chi connectivity index (χ4n) is 3.03. The van der Waals surface area contributed by atoms with Gasteiger partial charge in [-0.1, -0.05) is 41.4 Å². The SMILES string of the molecule is COc1ccccc1C(=O)NN1C[C@H](C(=O)OCC(=O)Nc2cccc(Cl)c2Cl)CC1=O. The van der Waals surface area contributed by atoms with Crippen molar-refractivity contribution in [3.63, 3.8) is 0 Å². The Labute approximate surface area is 193 Å². The lowest BCUT2D eigenvalue weighted by Crippen LogP contribution is -2.43. The molecule has 3 amide bonds. The van der Waals surface area contributed by atoms with E-state index in [9.17, 15) is 19.2 Å². The lowest BCUT2D eigenvalue weighted by molar-refractivity contribution is -0.151. The highest BCUT2D eigenvalue weighted by molar-refractivity contribution is 6.44. The van der Waals surface area contributed by atoms with Crippen molar-refractivity contribution in [1.29, 1.82) is 0 Å². The van der Waals surface area contributed by atoms with Gasteiger partial charge in [0.2, 0.25) is 5.91 Å². The van der Waals surface area contributed by atoms with Gasteiger partial charge in [-0.3, -0.25) is 29.6 Å². The predicted molar refractivity (Wildman–Crippen MR) is 116 cm³/mol. The zero-order valence-corrected chi connectivity index (χ0v) is 18.4. The molecular formula is C21H19Cl2N3O6. The first-order valence-electron chi connectivity index (χ1n) is 9.45. The molecule has 1 atom stereocenters. The second-order valence-corrected chi connectivity index (χ2v) is 7.59. The molecule has 32 heavy (non-hydrogen) atoms. The van der Waals surface area contributed by atoms with Gasteiger partial charge < -0.3 is 14.8 Å². The van der Waals surface area contributed by atoms with Crippen LogP contribution in [0.2, 0.25) is 10.0 Å². The van der Waals surface area contributed by atoms with E-state index in [1.807, 2.05) is 0 Å². The van der Waals surface area contributed by atoms with Gasteiger partial charge in [-0.2, -0.15) is 0 Å². The van der Waals surface area contributed by atoms with Crippen LogP contribution < -0.4 is 15.5 Å². The van der Waals surface area contributed by atoms with Crippen LogP contribution in [0.4, 0.5) is 5.69 Å². The molecule has 3 rings (SSSR count). The molecule has 1 aliphatic rings. The summed E-state index contributed by atoms with van der Waals surface area (Å²) in [6.07, 6.45) is -0.160. The molecule has 1 heterocycles. The van der Waals surface area contributed by atoms with E-state index in [0.29, 0.717) is 5.75 Å². The van der Waals surface area contributed by atoms with Crippen LogP contribution in [0, 0.1) is 5.92 Å². The Bertz CT molecular complexity index is 1060. The summed E-state index contributed by atoms with van der Waals surface area (Å²) in [6.45, 7) is -0.653. The fraction of sp³-hybridized carbons (Fsp3) is 0.238. The van der Waals surface area contributed by atoms with Gasteiger partial charge in [0.05, 0.1) is 40.9 Å². The number of benzene rings is 2. The Morgan fingerprint density at radius 1 is 1.12 bits per heavy atom. The van der Waals surface area contributed by atoms with E-state index in [2.05, 4.69) is 10.7 Å². The second-order valence-electron chi connectivity index (χ2n) is 6.80. The number of anilines is 1. The molecule has 2 N–H and O–H groups in total. The van der Waals surface area contributed by atoms with Crippen molar-refractivity contribution >= 4 is 52.6 Å². The molecule has 1 aliphatic heterocycles. The second kappa shape index (κ2) is 10.3. The van der Waals surface area contributed by atoms with Crippen LogP contribution in [0.15, 0.2) is 42.5 Å². The normalized spacial score (nSPS) is 15.3. The lowest BCUT2D eigenvalue weighted by atomic mass is 10.1. The van der Waals surface area contributed by atoms with Crippen LogP contribution in [0.5, 0.6) is 5.75 Å². The molecule has 2 aromatic carbocycles. The number of hydrogen-bond donors (Lipinski definition) is 2. The van der Waals surface area contributed by atoms with E-state index in [0.717, 1.165) is 5.01 Å². The van der Waals surface area contributed by atoms with Crippen LogP contribution in [0.3, 0.4) is 0 Å². The van der Waals surface area contributed by atoms with Crippen molar-refractivity contribution in [2.45, 2.75) is 6.42 Å². The molecule has 0 radical (unpaired) electrons. The summed E-state index contributed by atoms with van der Waals surface area (Å²) < 4.78 is 10.2. The molecular weight excluding hydrogens is 461 g/mol. The van der Waals surface area contributed by atoms with Crippen molar-refractivity contribution in [3.8, 4) is 5.75 Å². The molecule has 0 saturated carbocycles. The first-order chi connectivity index (χ1) is 15.3. The van der Waals surface area contributed by atoms with Gasteiger partial charge in [0.1, 0.15) is 5.75 Å². The minimum Gasteiger partial charge on any atom is -0.496 e. The van der Waals surface area contributed by atoms with Crippen LogP contribution in [0.1, 0.15) is 16.8 Å². The van der Waals surface area contributed by atoms with Gasteiger partial charge in [0.15, 0.2) is 6.61 Å². The van der Waals surface area contributed by atoms with Crippen molar-refractivity contribution in [3.05, 3.63) is 58.1 Å². The summed E-state index contributed by atoms with van der Waals surface area (Å²) in [7, 11) is 1.43. The smallest absolute Gasteiger partial charge is 0.311 e. The van der Waals surface area contributed by atoms with Crippen molar-refractivity contribution in [1.82, 2.24) is 10.4 Å². The fourth-order valence-corrected chi connectivity index (χ4v) is 3.38. The average Bonchev–Trinajstić information content (AvgIpc) is 3.15. The number of carbonyl (C=O) groups is 4. The number of nitrogens with zero attached hydrogens (tertiary/aromatic N) is 1. The number of halogens is 2. The molecule has 2 aromatic rings. The molecule has 0 aliphatic carbocycles. The number of esters is 1. The van der Waals surface area contributed by atoms with Crippen LogP contribution >= 0.6 is 23.2 Å². The third-order valence-corrected chi connectivity index (χ3v) is 5.44. The third-order valence-electron chi connectivity index (χ3n) is 4.62. The maximum atomic E-state index is 12.5. The number of ether oxygens (including phenoxy) is 2. The standard InChI is InChI=1S/C21H19Cl2N3O6/c1-31-16-8-3-2-5-13(16)20(29)25-26-10-12(9-18(26)28)21(30)32-11-17(27)24-15-7-4-6-14(22)19(15)23/h2-8,12H,9-11H2,1H3,(H,24,27)(H,25,29)/t12-/m1/s1. The third kappa shape index (κ3) is 5.49. The summed E-state index contributed by atoms with van der Waals surface area (Å²) in [4.78, 5) is 49.1. The van der Waals surface area contributed by atoms with Gasteiger partial charge >= 0.3 is 5.97 Å². The van der Waals surface area contributed by atoms with E-state index in [1.54, 1.807) is 42.5 Å². The first kappa shape index (κ1) is 23.4. The molecule has 1 fully saturated rings. The number of nitrogens with one attached hydrogen (secondary N) is 2. The van der Waals surface area contributed by atoms with Crippen molar-refractivity contribution in [2.75, 3.05) is 25.6 Å². The largest absolute Gasteiger partial charge is 0.496 e. The van der Waals surface area contributed by atoms with Crippen molar-refractivity contribution in [2.24, 2.45) is 5.92 Å². The molecule has 0 aromatic heterocycles. The Kier molecular flexibility index (Phi) is 7.55. The number of amides is 3. The highest BCUT2D eigenvalue weighted by Gasteiger charge is 2.37. The molecule has 9 nitrogen and oxygen atoms in total. The Balaban J connectivity index is 1.52. The quantitative estimate of drug-likeness (QED) is 0.590. The number of methoxy groups -OCH3 is 1. The summed E-state index contributed by atoms with van der Waals surface area (Å²) >= 11 is 11.9. The molecule has 11 heteroatoms. The molecule has 0 spiro atoms. The minimum atomic E-state index is -0.831. The maximum Gasteiger partial charge on any atom is 0.311 e. The maximum absolute atomic E-state index is 12.5. The molecule has 0 unspecified atom stereocenters. The van der Waals surface area contributed by atoms with Gasteiger partial charge in [0.25, 0.3) is 11.8 Å². The highest BCUT2D eigenvalue weighted by atomic mass is 35.5. The molecule has 1 saturated heterocycles. The number of hydrogen-bond acceptors (Lipinski definition) is 6. The Morgan fingerprint density at radius 2 is 1.88 bits per heavy atom. The van der Waals surface area contributed by atoms with Gasteiger partial charge in [-0.05, 0) is 24.3 Å². The van der Waals surface area contributed by atoms with E-state index in [-0.39, 0.29) is 34.3 Å². The Hall–Kier alpha value is -3.30. The zero-order valence-electron chi connectivity index (χ0n) is 16.9. The Morgan fingerprint density at radius 3 is 2.62 bits per heavy atom. The van der Waals surface area contributed by atoms with Crippen LogP contribution in [-0.2, 0) is 19.1 Å². The topological polar surface area (TPSA) is 114 Å². The van der Waals surface area contributed by atoms with Crippen molar-refractivity contribution < 1.29 is 28.7 Å². The van der Waals surface area contributed by atoms with Crippen LogP contribution in [-0.4, -0.2) is 49.0 Å². The summed E-state index contributed by atoms with van der Waals surface area (Å²) in [5.41, 5.74) is 2.98.